The molecule has 0 aliphatic carbocycles. The summed E-state index contributed by atoms with van der Waals surface area (Å²) in [5, 5.41) is 8.98. The second-order valence-electron chi connectivity index (χ2n) is 9.00. The number of amides is 3. The summed E-state index contributed by atoms with van der Waals surface area (Å²) in [5.41, 5.74) is 2.17. The number of carbonyl (C=O) groups is 3. The number of hydrogen-bond donors (Lipinski definition) is 3. The van der Waals surface area contributed by atoms with Gasteiger partial charge in [-0.1, -0.05) is 53.5 Å². The van der Waals surface area contributed by atoms with E-state index in [-0.39, 0.29) is 11.6 Å². The highest BCUT2D eigenvalue weighted by Gasteiger charge is 2.18. The lowest BCUT2D eigenvalue weighted by atomic mass is 10.1. The van der Waals surface area contributed by atoms with Crippen molar-refractivity contribution in [2.75, 3.05) is 17.7 Å². The van der Waals surface area contributed by atoms with Gasteiger partial charge in [0.2, 0.25) is 5.91 Å². The molecule has 3 amide bonds. The number of ether oxygens (including phenoxy) is 1. The third-order valence-electron chi connectivity index (χ3n) is 5.92. The molecule has 0 radical (unpaired) electrons. The Morgan fingerprint density at radius 2 is 1.50 bits per heavy atom. The van der Waals surface area contributed by atoms with E-state index in [0.717, 1.165) is 4.90 Å². The first-order valence-corrected chi connectivity index (χ1v) is 14.4. The lowest BCUT2D eigenvalue weighted by Crippen LogP contribution is -2.30. The average molecular weight is 621 g/mol. The van der Waals surface area contributed by atoms with Crippen LogP contribution in [0.25, 0.3) is 6.08 Å². The van der Waals surface area contributed by atoms with Crippen LogP contribution in [0.3, 0.4) is 0 Å². The minimum atomic E-state index is -0.502. The fraction of sp³-hybridized carbons (Fsp3) is 0.0938. The molecule has 1 atom stereocenters. The normalized spacial score (nSPS) is 11.8. The number of halogens is 2. The maximum absolute atomic E-state index is 13.3. The third kappa shape index (κ3) is 8.63. The average Bonchev–Trinajstić information content (AvgIpc) is 2.99. The van der Waals surface area contributed by atoms with Gasteiger partial charge in [-0.25, -0.2) is 0 Å². The van der Waals surface area contributed by atoms with Crippen LogP contribution >= 0.6 is 35.0 Å². The first-order valence-electron chi connectivity index (χ1n) is 12.8. The van der Waals surface area contributed by atoms with Crippen LogP contribution in [0.1, 0.15) is 22.8 Å². The van der Waals surface area contributed by atoms with Crippen molar-refractivity contribution in [2.24, 2.45) is 0 Å². The van der Waals surface area contributed by atoms with Crippen molar-refractivity contribution in [3.63, 3.8) is 0 Å². The van der Waals surface area contributed by atoms with Gasteiger partial charge >= 0.3 is 0 Å². The van der Waals surface area contributed by atoms with E-state index in [0.29, 0.717) is 38.3 Å². The quantitative estimate of drug-likeness (QED) is 0.126. The van der Waals surface area contributed by atoms with E-state index in [4.69, 9.17) is 27.9 Å². The van der Waals surface area contributed by atoms with E-state index < -0.39 is 17.1 Å². The predicted molar refractivity (Wildman–Crippen MR) is 170 cm³/mol. The van der Waals surface area contributed by atoms with Crippen LogP contribution in [-0.4, -0.2) is 30.1 Å². The molecule has 7 nitrogen and oxygen atoms in total. The van der Waals surface area contributed by atoms with Gasteiger partial charge in [0.1, 0.15) is 11.4 Å². The molecule has 0 aliphatic rings. The maximum Gasteiger partial charge on any atom is 0.272 e. The fourth-order valence-electron chi connectivity index (χ4n) is 3.75. The molecule has 42 heavy (non-hydrogen) atoms. The SMILES string of the molecule is COc1ccc(Cl)cc1NC(=O)C(C)Sc1ccc(NC(=O)/C(=C/c2ccc(Cl)cc2)NC(=O)c2ccccc2)cc1. The summed E-state index contributed by atoms with van der Waals surface area (Å²) in [7, 11) is 1.52. The number of carbonyl (C=O) groups excluding carboxylic acids is 3. The highest BCUT2D eigenvalue weighted by atomic mass is 35.5. The van der Waals surface area contributed by atoms with Crippen LogP contribution in [-0.2, 0) is 9.59 Å². The summed E-state index contributed by atoms with van der Waals surface area (Å²) < 4.78 is 5.30. The monoisotopic (exact) mass is 619 g/mol. The molecule has 0 bridgehead atoms. The first-order chi connectivity index (χ1) is 20.2. The minimum Gasteiger partial charge on any atom is -0.495 e. The number of thioether (sulfide) groups is 1. The van der Waals surface area contributed by atoms with Crippen molar-refractivity contribution in [1.82, 2.24) is 5.32 Å². The predicted octanol–water partition coefficient (Wildman–Crippen LogP) is 7.53. The Kier molecular flexibility index (Phi) is 10.7. The third-order valence-corrected chi connectivity index (χ3v) is 7.52. The Bertz CT molecular complexity index is 1590. The lowest BCUT2D eigenvalue weighted by Gasteiger charge is -2.15. The van der Waals surface area contributed by atoms with Gasteiger partial charge in [0.25, 0.3) is 11.8 Å². The van der Waals surface area contributed by atoms with Gasteiger partial charge in [-0.05, 0) is 85.3 Å². The Balaban J connectivity index is 1.43. The van der Waals surface area contributed by atoms with Gasteiger partial charge in [-0.15, -0.1) is 11.8 Å². The molecular formula is C32H27Cl2N3O4S. The molecule has 4 aromatic carbocycles. The largest absolute Gasteiger partial charge is 0.495 e. The highest BCUT2D eigenvalue weighted by molar-refractivity contribution is 8.00. The Labute approximate surface area is 258 Å². The van der Waals surface area contributed by atoms with Crippen molar-refractivity contribution >= 4 is 70.1 Å². The molecule has 4 rings (SSSR count). The van der Waals surface area contributed by atoms with E-state index in [1.165, 1.54) is 18.9 Å². The van der Waals surface area contributed by atoms with Crippen LogP contribution in [0.5, 0.6) is 5.75 Å². The van der Waals surface area contributed by atoms with Gasteiger partial charge in [-0.3, -0.25) is 14.4 Å². The molecule has 10 heteroatoms. The van der Waals surface area contributed by atoms with Crippen molar-refractivity contribution in [3.05, 3.63) is 124 Å². The molecule has 3 N–H and O–H groups in total. The van der Waals surface area contributed by atoms with Gasteiger partial charge < -0.3 is 20.7 Å². The van der Waals surface area contributed by atoms with Crippen LogP contribution in [0.4, 0.5) is 11.4 Å². The zero-order valence-electron chi connectivity index (χ0n) is 22.7. The van der Waals surface area contributed by atoms with E-state index >= 15 is 0 Å². The molecule has 0 heterocycles. The van der Waals surface area contributed by atoms with Gasteiger partial charge in [0.15, 0.2) is 0 Å². The van der Waals surface area contributed by atoms with Crippen LogP contribution in [0.15, 0.2) is 108 Å². The number of rotatable bonds is 10. The fourth-order valence-corrected chi connectivity index (χ4v) is 4.92. The van der Waals surface area contributed by atoms with Crippen LogP contribution < -0.4 is 20.7 Å². The van der Waals surface area contributed by atoms with E-state index in [1.807, 2.05) is 0 Å². The molecule has 0 spiro atoms. The first kappa shape index (κ1) is 30.7. The van der Waals surface area contributed by atoms with Crippen LogP contribution in [0, 0.1) is 0 Å². The van der Waals surface area contributed by atoms with Crippen molar-refractivity contribution in [2.45, 2.75) is 17.1 Å². The van der Waals surface area contributed by atoms with Crippen molar-refractivity contribution < 1.29 is 19.1 Å². The Hall–Kier alpha value is -4.24. The summed E-state index contributed by atoms with van der Waals surface area (Å²) in [4.78, 5) is 39.7. The number of hydrogen-bond acceptors (Lipinski definition) is 5. The molecule has 1 unspecified atom stereocenters. The zero-order valence-corrected chi connectivity index (χ0v) is 25.0. The second-order valence-corrected chi connectivity index (χ2v) is 11.3. The Morgan fingerprint density at radius 1 is 0.833 bits per heavy atom. The second kappa shape index (κ2) is 14.6. The number of nitrogens with one attached hydrogen (secondary N) is 3. The van der Waals surface area contributed by atoms with Crippen LogP contribution in [0.2, 0.25) is 10.0 Å². The number of anilines is 2. The molecule has 0 aromatic heterocycles. The molecule has 0 aliphatic heterocycles. The summed E-state index contributed by atoms with van der Waals surface area (Å²) in [6.07, 6.45) is 1.58. The number of methoxy groups -OCH3 is 1. The van der Waals surface area contributed by atoms with E-state index in [1.54, 1.807) is 110 Å². The lowest BCUT2D eigenvalue weighted by molar-refractivity contribution is -0.115. The zero-order chi connectivity index (χ0) is 30.1. The summed E-state index contributed by atoms with van der Waals surface area (Å²) in [5.74, 6) is -0.628. The van der Waals surface area contributed by atoms with E-state index in [2.05, 4.69) is 16.0 Å². The molecular weight excluding hydrogens is 593 g/mol. The van der Waals surface area contributed by atoms with Gasteiger partial charge in [0.05, 0.1) is 18.0 Å². The molecule has 0 saturated carbocycles. The van der Waals surface area contributed by atoms with Gasteiger partial charge in [-0.2, -0.15) is 0 Å². The van der Waals surface area contributed by atoms with Gasteiger partial charge in [0, 0.05) is 26.2 Å². The summed E-state index contributed by atoms with van der Waals surface area (Å²) >= 11 is 13.4. The minimum absolute atomic E-state index is 0.0614. The summed E-state index contributed by atoms with van der Waals surface area (Å²) in [6.45, 7) is 1.79. The highest BCUT2D eigenvalue weighted by Crippen LogP contribution is 2.30. The Morgan fingerprint density at radius 3 is 2.17 bits per heavy atom. The topological polar surface area (TPSA) is 96.5 Å². The summed E-state index contributed by atoms with van der Waals surface area (Å²) in [6, 6.07) is 27.6. The molecule has 4 aromatic rings. The van der Waals surface area contributed by atoms with E-state index in [9.17, 15) is 14.4 Å². The smallest absolute Gasteiger partial charge is 0.272 e. The molecule has 214 valence electrons. The maximum atomic E-state index is 13.3. The molecule has 0 saturated heterocycles. The molecule has 0 fully saturated rings. The standard InChI is InChI=1S/C32H27Cl2N3O4S/c1-20(30(38)36-27-19-24(34)12-17-29(27)41-2)42-26-15-13-25(14-16-26)35-32(40)28(18-21-8-10-23(33)11-9-21)37-31(39)22-6-4-3-5-7-22/h3-20H,1-2H3,(H,35,40)(H,36,38)(H,37,39)/b28-18-. The van der Waals surface area contributed by atoms with Crippen molar-refractivity contribution in [3.8, 4) is 5.75 Å². The van der Waals surface area contributed by atoms with Crippen molar-refractivity contribution in [1.29, 1.82) is 0 Å². The number of benzene rings is 4.